The Labute approximate surface area is 457 Å². The Hall–Kier alpha value is -1.01. The third-order valence-corrected chi connectivity index (χ3v) is 16.1. The number of carbonyl (C=O) groups is 1. The van der Waals surface area contributed by atoms with Gasteiger partial charge in [-0.2, -0.15) is 0 Å². The van der Waals surface area contributed by atoms with E-state index in [1.54, 1.807) is 0 Å². The van der Waals surface area contributed by atoms with Gasteiger partial charge in [0.05, 0.1) is 32.0 Å². The van der Waals surface area contributed by atoms with Gasteiger partial charge >= 0.3 is 0 Å². The maximum Gasteiger partial charge on any atom is 0.220 e. The van der Waals surface area contributed by atoms with Crippen LogP contribution in [0.15, 0.2) is 0 Å². The molecule has 1 amide bonds. The second kappa shape index (κ2) is 47.8. The Morgan fingerprint density at radius 1 is 0.427 bits per heavy atom. The molecule has 2 rings (SSSR count). The molecule has 12 atom stereocenters. The molecule has 2 saturated heterocycles. The van der Waals surface area contributed by atoms with Crippen LogP contribution in [-0.2, 0) is 23.7 Å². The molecule has 2 fully saturated rings. The number of amides is 1. The fourth-order valence-corrected chi connectivity index (χ4v) is 10.9. The second-order valence-electron chi connectivity index (χ2n) is 22.9. The third-order valence-electron chi connectivity index (χ3n) is 16.1. The predicted octanol–water partition coefficient (Wildman–Crippen LogP) is 11.3. The molecule has 9 N–H and O–H groups in total. The second-order valence-corrected chi connectivity index (χ2v) is 22.9. The van der Waals surface area contributed by atoms with Crippen LogP contribution in [0.4, 0.5) is 0 Å². The summed E-state index contributed by atoms with van der Waals surface area (Å²) in [6.07, 6.45) is 37.3. The number of hydrogen-bond acceptors (Lipinski definition) is 13. The number of hydrogen-bond donors (Lipinski definition) is 9. The summed E-state index contributed by atoms with van der Waals surface area (Å²) >= 11 is 0. The molecule has 4 unspecified atom stereocenters. The van der Waals surface area contributed by atoms with Gasteiger partial charge < -0.3 is 65.1 Å². The fourth-order valence-electron chi connectivity index (χ4n) is 10.9. The lowest BCUT2D eigenvalue weighted by atomic mass is 9.97. The molecule has 0 aromatic carbocycles. The lowest BCUT2D eigenvalue weighted by molar-refractivity contribution is -0.359. The van der Waals surface area contributed by atoms with Gasteiger partial charge in [0.15, 0.2) is 12.6 Å². The van der Waals surface area contributed by atoms with Gasteiger partial charge in [-0.25, -0.2) is 0 Å². The molecular formula is C61H119NO13. The monoisotopic (exact) mass is 1070 g/mol. The van der Waals surface area contributed by atoms with E-state index in [4.69, 9.17) is 18.9 Å². The summed E-state index contributed by atoms with van der Waals surface area (Å²) in [6.45, 7) is 2.86. The lowest BCUT2D eigenvalue weighted by Crippen LogP contribution is -2.65. The zero-order valence-corrected chi connectivity index (χ0v) is 48.1. The van der Waals surface area contributed by atoms with Crippen molar-refractivity contribution in [2.24, 2.45) is 0 Å². The van der Waals surface area contributed by atoms with E-state index in [1.165, 1.54) is 212 Å². The maximum absolute atomic E-state index is 13.2. The van der Waals surface area contributed by atoms with E-state index < -0.39 is 86.8 Å². The predicted molar refractivity (Wildman–Crippen MR) is 300 cm³/mol. The van der Waals surface area contributed by atoms with E-state index in [0.717, 1.165) is 51.4 Å². The summed E-state index contributed by atoms with van der Waals surface area (Å²) in [4.78, 5) is 13.2. The van der Waals surface area contributed by atoms with Crippen LogP contribution in [0.1, 0.15) is 290 Å². The number of carbonyl (C=O) groups excluding carboxylic acids is 1. The molecule has 0 aromatic heterocycles. The summed E-state index contributed by atoms with van der Waals surface area (Å²) in [5, 5.41) is 87.0. The van der Waals surface area contributed by atoms with Gasteiger partial charge in [0.25, 0.3) is 0 Å². The van der Waals surface area contributed by atoms with Gasteiger partial charge in [-0.15, -0.1) is 0 Å². The zero-order chi connectivity index (χ0) is 54.6. The minimum absolute atomic E-state index is 0.202. The Balaban J connectivity index is 1.57. The molecule has 0 aromatic rings. The molecule has 0 saturated carbocycles. The average molecular weight is 1070 g/mol. The maximum atomic E-state index is 13.2. The average Bonchev–Trinajstić information content (AvgIpc) is 3.41. The number of rotatable bonds is 52. The van der Waals surface area contributed by atoms with Crippen molar-refractivity contribution in [3.63, 3.8) is 0 Å². The van der Waals surface area contributed by atoms with E-state index >= 15 is 0 Å². The van der Waals surface area contributed by atoms with Gasteiger partial charge in [0.1, 0.15) is 48.8 Å². The van der Waals surface area contributed by atoms with E-state index in [9.17, 15) is 45.6 Å². The van der Waals surface area contributed by atoms with E-state index in [2.05, 4.69) is 19.2 Å². The van der Waals surface area contributed by atoms with Crippen LogP contribution in [0.2, 0.25) is 0 Å². The minimum atomic E-state index is -1.78. The summed E-state index contributed by atoms with van der Waals surface area (Å²) in [7, 11) is 0. The third kappa shape index (κ3) is 33.4. The van der Waals surface area contributed by atoms with Crippen molar-refractivity contribution in [1.29, 1.82) is 0 Å². The van der Waals surface area contributed by atoms with Crippen LogP contribution in [0, 0.1) is 0 Å². The lowest BCUT2D eigenvalue weighted by Gasteiger charge is -2.46. The smallest absolute Gasteiger partial charge is 0.220 e. The van der Waals surface area contributed by atoms with Crippen LogP contribution in [0.3, 0.4) is 0 Å². The zero-order valence-electron chi connectivity index (χ0n) is 48.1. The van der Waals surface area contributed by atoms with Crippen LogP contribution in [0.25, 0.3) is 0 Å². The first kappa shape index (κ1) is 70.1. The summed E-state index contributed by atoms with van der Waals surface area (Å²) in [5.41, 5.74) is 0. The van der Waals surface area contributed by atoms with Crippen molar-refractivity contribution in [2.45, 2.75) is 364 Å². The van der Waals surface area contributed by atoms with Crippen molar-refractivity contribution in [2.75, 3.05) is 19.8 Å². The molecule has 0 radical (unpaired) electrons. The highest BCUT2D eigenvalue weighted by Gasteiger charge is 2.51. The molecule has 75 heavy (non-hydrogen) atoms. The van der Waals surface area contributed by atoms with Gasteiger partial charge in [-0.1, -0.05) is 271 Å². The highest BCUT2D eigenvalue weighted by molar-refractivity contribution is 5.76. The molecule has 2 aliphatic rings. The molecule has 0 spiro atoms. The first-order valence-electron chi connectivity index (χ1n) is 31.8. The summed E-state index contributed by atoms with van der Waals surface area (Å²) in [6, 6.07) is -0.821. The largest absolute Gasteiger partial charge is 0.394 e. The Morgan fingerprint density at radius 3 is 1.13 bits per heavy atom. The molecular weight excluding hydrogens is 955 g/mol. The molecule has 446 valence electrons. The Kier molecular flexibility index (Phi) is 44.6. The number of aliphatic hydroxyl groups excluding tert-OH is 8. The van der Waals surface area contributed by atoms with Gasteiger partial charge in [-0.3, -0.25) is 4.79 Å². The van der Waals surface area contributed by atoms with Gasteiger partial charge in [0.2, 0.25) is 5.91 Å². The minimum Gasteiger partial charge on any atom is -0.394 e. The van der Waals surface area contributed by atoms with Crippen LogP contribution in [0.5, 0.6) is 0 Å². The molecule has 0 bridgehead atoms. The molecule has 14 nitrogen and oxygen atoms in total. The van der Waals surface area contributed by atoms with Crippen molar-refractivity contribution in [3.8, 4) is 0 Å². The number of unbranched alkanes of at least 4 members (excludes halogenated alkanes) is 39. The molecule has 14 heteroatoms. The number of aliphatic hydroxyl groups is 8. The van der Waals surface area contributed by atoms with Crippen molar-refractivity contribution in [3.05, 3.63) is 0 Å². The van der Waals surface area contributed by atoms with Crippen molar-refractivity contribution < 1.29 is 64.6 Å². The molecule has 2 heterocycles. The van der Waals surface area contributed by atoms with Gasteiger partial charge in [0, 0.05) is 6.42 Å². The van der Waals surface area contributed by atoms with Crippen LogP contribution in [-0.4, -0.2) is 140 Å². The van der Waals surface area contributed by atoms with E-state index in [1.807, 2.05) is 0 Å². The first-order chi connectivity index (χ1) is 36.6. The fraction of sp³-hybridized carbons (Fsp3) is 0.984. The Bertz CT molecular complexity index is 1270. The van der Waals surface area contributed by atoms with E-state index in [0.29, 0.717) is 12.8 Å². The quantitative estimate of drug-likeness (QED) is 0.0259. The standard InChI is InChI=1S/C61H119NO13/c1-3-5-7-9-11-13-14-15-16-17-18-19-20-21-22-23-24-25-26-27-28-29-30-31-32-33-34-35-37-39-41-43-45-53(66)62-49(50(65)44-42-40-38-36-12-10-8-6-4-2)48-72-60-58(71)56(69)59(52(47-64)74-60)75-61-57(70)55(68)54(67)51(46-63)73-61/h49-52,54-61,63-65,67-71H,3-48H2,1-2H3,(H,62,66)/t49-,50+,51+,52+,54-,55?,56?,57?,58?,59+,60+,61-/m0/s1. The molecule has 2 aliphatic heterocycles. The summed E-state index contributed by atoms with van der Waals surface area (Å²) < 4.78 is 22.8. The molecule has 0 aliphatic carbocycles. The number of nitrogens with one attached hydrogen (secondary N) is 1. The van der Waals surface area contributed by atoms with Crippen LogP contribution < -0.4 is 5.32 Å². The highest BCUT2D eigenvalue weighted by Crippen LogP contribution is 2.30. The topological polar surface area (TPSA) is 228 Å². The summed E-state index contributed by atoms with van der Waals surface area (Å²) in [5.74, 6) is -0.202. The van der Waals surface area contributed by atoms with Crippen molar-refractivity contribution >= 4 is 5.91 Å². The van der Waals surface area contributed by atoms with E-state index in [-0.39, 0.29) is 12.5 Å². The normalized spacial score (nSPS) is 24.9. The number of ether oxygens (including phenoxy) is 4. The SMILES string of the molecule is CCCCCCCCCCCCCCCCCCCCCCCCCCCCCCCCCCC(=O)N[C@@H](CO[C@@H]1O[C@H](CO)[C@@H](O[C@@H]2O[C@H](CO)[C@H](O)C(O)C2O)C(O)C1O)[C@H](O)CCCCCCCCCCC. The van der Waals surface area contributed by atoms with Gasteiger partial charge in [-0.05, 0) is 12.8 Å². The first-order valence-corrected chi connectivity index (χ1v) is 31.8. The van der Waals surface area contributed by atoms with Crippen molar-refractivity contribution in [1.82, 2.24) is 5.32 Å². The highest BCUT2D eigenvalue weighted by atomic mass is 16.7. The van der Waals surface area contributed by atoms with Crippen LogP contribution >= 0.6 is 0 Å². The Morgan fingerprint density at radius 2 is 0.760 bits per heavy atom.